The number of carbonyl (C=O) groups excluding carboxylic acids is 2. The summed E-state index contributed by atoms with van der Waals surface area (Å²) in [4.78, 5) is 50.2. The number of thioether (sulfide) groups is 1. The Morgan fingerprint density at radius 1 is 1.19 bits per heavy atom. The van der Waals surface area contributed by atoms with Gasteiger partial charge in [0.15, 0.2) is 5.12 Å². The first kappa shape index (κ1) is 33.8. The second-order valence-corrected chi connectivity index (χ2v) is 13.3. The molecule has 0 aliphatic carbocycles. The standard InChI is InChI=1S/C27H39N4O9PS/c1-5-37-26(35)28-18-27(3,4)24(33)42-14-13-38-41(36,29-16-20-9-7-6-8-10-20)39-17-21-15-19(2)23(40-21)31-12-11-22(32)30-25(31)34/h6-12,19,21,23H,5,13-18H2,1-4H3,(H,28,35)(H,29,36)(H,30,32,34). The first-order valence-electron chi connectivity index (χ1n) is 13.7. The fraction of sp³-hybridized carbons (Fsp3) is 0.556. The molecule has 1 aliphatic heterocycles. The second-order valence-electron chi connectivity index (χ2n) is 10.4. The van der Waals surface area contributed by atoms with E-state index in [2.05, 4.69) is 15.4 Å². The molecule has 3 rings (SSSR count). The summed E-state index contributed by atoms with van der Waals surface area (Å²) >= 11 is 1.00. The molecule has 2 heterocycles. The van der Waals surface area contributed by atoms with E-state index in [0.29, 0.717) is 6.42 Å². The van der Waals surface area contributed by atoms with Gasteiger partial charge >= 0.3 is 19.5 Å². The molecule has 232 valence electrons. The SMILES string of the molecule is CCOC(=O)NCC(C)(C)C(=O)SCCOP(=O)(NCc1ccccc1)OCC1CC(C)C(n2ccc(=O)[nH]c2=O)O1. The van der Waals surface area contributed by atoms with Gasteiger partial charge < -0.3 is 14.8 Å². The van der Waals surface area contributed by atoms with E-state index in [9.17, 15) is 23.7 Å². The number of alkyl carbamates (subject to hydrolysis) is 1. The predicted molar refractivity (Wildman–Crippen MR) is 158 cm³/mol. The fourth-order valence-corrected chi connectivity index (χ4v) is 6.39. The number of nitrogens with one attached hydrogen (secondary N) is 3. The van der Waals surface area contributed by atoms with Gasteiger partial charge in [0, 0.05) is 37.0 Å². The number of aromatic amines is 1. The van der Waals surface area contributed by atoms with Gasteiger partial charge in [-0.15, -0.1) is 0 Å². The molecule has 4 unspecified atom stereocenters. The largest absolute Gasteiger partial charge is 0.450 e. The number of amides is 1. The van der Waals surface area contributed by atoms with Crippen LogP contribution in [-0.4, -0.2) is 59.0 Å². The quantitative estimate of drug-likeness (QED) is 0.196. The molecule has 1 saturated heterocycles. The number of hydrogen-bond donors (Lipinski definition) is 3. The minimum atomic E-state index is -3.84. The number of carbonyl (C=O) groups is 2. The molecule has 0 saturated carbocycles. The maximum atomic E-state index is 13.7. The predicted octanol–water partition coefficient (Wildman–Crippen LogP) is 3.42. The van der Waals surface area contributed by atoms with Crippen molar-refractivity contribution < 1.29 is 32.7 Å². The molecule has 1 fully saturated rings. The van der Waals surface area contributed by atoms with Gasteiger partial charge in [-0.3, -0.25) is 28.2 Å². The highest BCUT2D eigenvalue weighted by Crippen LogP contribution is 2.45. The first-order valence-corrected chi connectivity index (χ1v) is 16.2. The molecular formula is C27H39N4O9PS. The lowest BCUT2D eigenvalue weighted by molar-refractivity contribution is -0.117. The summed E-state index contributed by atoms with van der Waals surface area (Å²) in [5.74, 6) is 0.125. The van der Waals surface area contributed by atoms with Crippen LogP contribution in [0, 0.1) is 11.3 Å². The van der Waals surface area contributed by atoms with Crippen molar-refractivity contribution in [2.45, 2.75) is 53.0 Å². The molecule has 2 aromatic rings. The number of rotatable bonds is 15. The van der Waals surface area contributed by atoms with Crippen LogP contribution < -0.4 is 21.7 Å². The van der Waals surface area contributed by atoms with Crippen LogP contribution in [-0.2, 0) is 34.4 Å². The molecule has 13 nitrogen and oxygen atoms in total. The molecule has 1 aromatic heterocycles. The molecule has 0 radical (unpaired) electrons. The molecule has 1 aliphatic rings. The summed E-state index contributed by atoms with van der Waals surface area (Å²) in [7, 11) is -3.84. The third-order valence-electron chi connectivity index (χ3n) is 6.41. The lowest BCUT2D eigenvalue weighted by Gasteiger charge is -2.23. The van der Waals surface area contributed by atoms with Crippen LogP contribution in [0.4, 0.5) is 4.79 Å². The highest BCUT2D eigenvalue weighted by atomic mass is 32.2. The van der Waals surface area contributed by atoms with Crippen molar-refractivity contribution in [2.24, 2.45) is 11.3 Å². The first-order chi connectivity index (χ1) is 19.9. The number of hydrogen-bond acceptors (Lipinski definition) is 10. The van der Waals surface area contributed by atoms with Gasteiger partial charge in [0.2, 0.25) is 0 Å². The molecule has 1 aromatic carbocycles. The molecule has 4 atom stereocenters. The maximum Gasteiger partial charge on any atom is 0.407 e. The third-order valence-corrected chi connectivity index (χ3v) is 9.15. The summed E-state index contributed by atoms with van der Waals surface area (Å²) in [6.45, 7) is 7.45. The number of nitrogens with zero attached hydrogens (tertiary/aromatic N) is 1. The van der Waals surface area contributed by atoms with Gasteiger partial charge in [-0.25, -0.2) is 19.2 Å². The zero-order chi connectivity index (χ0) is 30.8. The number of ether oxygens (including phenoxy) is 2. The van der Waals surface area contributed by atoms with Crippen molar-refractivity contribution in [1.29, 1.82) is 0 Å². The van der Waals surface area contributed by atoms with E-state index in [-0.39, 0.29) is 49.7 Å². The van der Waals surface area contributed by atoms with E-state index in [1.54, 1.807) is 20.8 Å². The Morgan fingerprint density at radius 2 is 1.93 bits per heavy atom. The average Bonchev–Trinajstić information content (AvgIpc) is 3.33. The van der Waals surface area contributed by atoms with Gasteiger partial charge in [0.1, 0.15) is 6.23 Å². The van der Waals surface area contributed by atoms with Crippen LogP contribution in [0.3, 0.4) is 0 Å². The van der Waals surface area contributed by atoms with Gasteiger partial charge in [-0.05, 0) is 18.9 Å². The second kappa shape index (κ2) is 15.6. The Balaban J connectivity index is 1.56. The van der Waals surface area contributed by atoms with Gasteiger partial charge in [-0.2, -0.15) is 0 Å². The zero-order valence-electron chi connectivity index (χ0n) is 24.2. The van der Waals surface area contributed by atoms with Crippen molar-refractivity contribution in [3.63, 3.8) is 0 Å². The van der Waals surface area contributed by atoms with Crippen LogP contribution in [0.15, 0.2) is 52.2 Å². The monoisotopic (exact) mass is 626 g/mol. The smallest absolute Gasteiger partial charge is 0.407 e. The van der Waals surface area contributed by atoms with Crippen molar-refractivity contribution in [1.82, 2.24) is 20.0 Å². The summed E-state index contributed by atoms with van der Waals surface area (Å²) in [5, 5.41) is 5.27. The van der Waals surface area contributed by atoms with E-state index in [1.807, 2.05) is 37.3 Å². The Kier molecular flexibility index (Phi) is 12.6. The lowest BCUT2D eigenvalue weighted by Crippen LogP contribution is -2.38. The average molecular weight is 627 g/mol. The zero-order valence-corrected chi connectivity index (χ0v) is 25.9. The molecule has 42 heavy (non-hydrogen) atoms. The number of benzene rings is 1. The maximum absolute atomic E-state index is 13.7. The van der Waals surface area contributed by atoms with Crippen molar-refractivity contribution in [3.05, 3.63) is 69.0 Å². The van der Waals surface area contributed by atoms with E-state index in [1.165, 1.54) is 16.8 Å². The van der Waals surface area contributed by atoms with Gasteiger partial charge in [-0.1, -0.05) is 62.9 Å². The molecule has 15 heteroatoms. The van der Waals surface area contributed by atoms with E-state index >= 15 is 0 Å². The highest BCUT2D eigenvalue weighted by molar-refractivity contribution is 8.13. The molecule has 0 spiro atoms. The minimum absolute atomic E-state index is 0.0474. The summed E-state index contributed by atoms with van der Waals surface area (Å²) in [6.07, 6.45) is 0.210. The van der Waals surface area contributed by atoms with Gasteiger partial charge in [0.25, 0.3) is 5.56 Å². The molecule has 0 bridgehead atoms. The van der Waals surface area contributed by atoms with Crippen LogP contribution in [0.5, 0.6) is 0 Å². The highest BCUT2D eigenvalue weighted by Gasteiger charge is 2.36. The van der Waals surface area contributed by atoms with Crippen molar-refractivity contribution in [3.8, 4) is 0 Å². The Hall–Kier alpha value is -2.74. The van der Waals surface area contributed by atoms with Crippen LogP contribution in [0.2, 0.25) is 0 Å². The van der Waals surface area contributed by atoms with Gasteiger partial charge in [0.05, 0.1) is 31.3 Å². The van der Waals surface area contributed by atoms with Crippen LogP contribution in [0.25, 0.3) is 0 Å². The van der Waals surface area contributed by atoms with Crippen molar-refractivity contribution in [2.75, 3.05) is 32.1 Å². The van der Waals surface area contributed by atoms with E-state index < -0.39 is 42.8 Å². The van der Waals surface area contributed by atoms with E-state index in [0.717, 1.165) is 17.3 Å². The number of H-pyrrole nitrogens is 1. The molecule has 3 N–H and O–H groups in total. The number of aromatic nitrogens is 2. The summed E-state index contributed by atoms with van der Waals surface area (Å²) in [5.41, 5.74) is -1.06. The minimum Gasteiger partial charge on any atom is -0.450 e. The third kappa shape index (κ3) is 10.2. The van der Waals surface area contributed by atoms with Crippen molar-refractivity contribution >= 4 is 30.7 Å². The normalized spacial score (nSPS) is 20.1. The Morgan fingerprint density at radius 3 is 2.62 bits per heavy atom. The Labute approximate surface area is 248 Å². The summed E-state index contributed by atoms with van der Waals surface area (Å²) < 4.78 is 37.3. The lowest BCUT2D eigenvalue weighted by atomic mass is 9.96. The topological polar surface area (TPSA) is 167 Å². The molecule has 1 amide bonds. The fourth-order valence-electron chi connectivity index (χ4n) is 4.12. The summed E-state index contributed by atoms with van der Waals surface area (Å²) in [6, 6.07) is 10.6. The van der Waals surface area contributed by atoms with Crippen LogP contribution in [0.1, 0.15) is 45.9 Å². The Bertz CT molecular complexity index is 1350. The van der Waals surface area contributed by atoms with Crippen LogP contribution >= 0.6 is 19.5 Å². The van der Waals surface area contributed by atoms with E-state index in [4.69, 9.17) is 18.5 Å². The molecular weight excluding hydrogens is 587 g/mol.